The molecule has 4 nitrogen and oxygen atoms in total. The third kappa shape index (κ3) is 2.45. The van der Waals surface area contributed by atoms with Crippen molar-refractivity contribution in [1.29, 1.82) is 0 Å². The number of aliphatic hydroxyl groups is 1. The number of likely N-dealkylation sites (tertiary alicyclic amines) is 1. The second kappa shape index (κ2) is 5.51. The Labute approximate surface area is 105 Å². The third-order valence-electron chi connectivity index (χ3n) is 3.04. The highest BCUT2D eigenvalue weighted by Crippen LogP contribution is 2.23. The first-order valence-electron chi connectivity index (χ1n) is 5.68. The molecule has 1 aliphatic heterocycles. The van der Waals surface area contributed by atoms with Gasteiger partial charge in [-0.1, -0.05) is 0 Å². The Morgan fingerprint density at radius 3 is 3.24 bits per heavy atom. The second-order valence-electron chi connectivity index (χ2n) is 4.04. The van der Waals surface area contributed by atoms with Gasteiger partial charge in [0.15, 0.2) is 0 Å². The Morgan fingerprint density at radius 1 is 1.71 bits per heavy atom. The lowest BCUT2D eigenvalue weighted by atomic mass is 10.2. The van der Waals surface area contributed by atoms with Crippen LogP contribution < -0.4 is 0 Å². The Hall–Kier alpha value is -1.07. The average molecular weight is 252 g/mol. The van der Waals surface area contributed by atoms with Crippen LogP contribution in [0.2, 0.25) is 0 Å². The van der Waals surface area contributed by atoms with E-state index >= 15 is 0 Å². The number of rotatable bonds is 3. The molecule has 17 heavy (non-hydrogen) atoms. The molecule has 5 heteroatoms. The summed E-state index contributed by atoms with van der Waals surface area (Å²) in [5.74, 6) is -0.0148. The number of amides is 1. The van der Waals surface area contributed by atoms with Gasteiger partial charge in [-0.25, -0.2) is 4.98 Å². The molecule has 0 aromatic carbocycles. The van der Waals surface area contributed by atoms with Gasteiger partial charge in [0.2, 0.25) is 0 Å². The van der Waals surface area contributed by atoms with Crippen molar-refractivity contribution in [2.24, 2.45) is 0 Å². The molecule has 1 atom stereocenters. The summed E-state index contributed by atoms with van der Waals surface area (Å²) in [6.07, 6.45) is 5.45. The number of aromatic nitrogens is 1. The fourth-order valence-corrected chi connectivity index (χ4v) is 2.71. The summed E-state index contributed by atoms with van der Waals surface area (Å²) in [4.78, 5) is 18.3. The molecule has 0 saturated carbocycles. The highest BCUT2D eigenvalue weighted by atomic mass is 32.2. The van der Waals surface area contributed by atoms with E-state index in [4.69, 9.17) is 0 Å². The van der Waals surface area contributed by atoms with Crippen molar-refractivity contribution in [2.75, 3.05) is 19.4 Å². The number of carbonyl (C=O) groups excluding carboxylic acids is 1. The van der Waals surface area contributed by atoms with Crippen molar-refractivity contribution < 1.29 is 9.90 Å². The van der Waals surface area contributed by atoms with Crippen LogP contribution in [-0.4, -0.2) is 46.3 Å². The summed E-state index contributed by atoms with van der Waals surface area (Å²) in [6.45, 7) is 0.771. The van der Waals surface area contributed by atoms with Crippen molar-refractivity contribution in [3.63, 3.8) is 0 Å². The number of hydrogen-bond donors (Lipinski definition) is 1. The van der Waals surface area contributed by atoms with Gasteiger partial charge in [-0.2, -0.15) is 0 Å². The van der Waals surface area contributed by atoms with Crippen LogP contribution in [0.5, 0.6) is 0 Å². The number of hydrogen-bond acceptors (Lipinski definition) is 4. The van der Waals surface area contributed by atoms with E-state index in [0.717, 1.165) is 24.4 Å². The molecule has 0 aliphatic carbocycles. The van der Waals surface area contributed by atoms with Crippen molar-refractivity contribution >= 4 is 17.7 Å². The maximum Gasteiger partial charge on any atom is 0.256 e. The lowest BCUT2D eigenvalue weighted by Crippen LogP contribution is -2.37. The highest BCUT2D eigenvalue weighted by Gasteiger charge is 2.29. The molecule has 1 amide bonds. The van der Waals surface area contributed by atoms with Crippen LogP contribution in [0.4, 0.5) is 0 Å². The van der Waals surface area contributed by atoms with Gasteiger partial charge >= 0.3 is 0 Å². The van der Waals surface area contributed by atoms with E-state index in [2.05, 4.69) is 4.98 Å². The van der Waals surface area contributed by atoms with Crippen molar-refractivity contribution in [3.8, 4) is 0 Å². The Morgan fingerprint density at radius 2 is 2.53 bits per heavy atom. The minimum absolute atomic E-state index is 0.0148. The second-order valence-corrected chi connectivity index (χ2v) is 4.83. The average Bonchev–Trinajstić information content (AvgIpc) is 2.86. The molecule has 0 spiro atoms. The van der Waals surface area contributed by atoms with Gasteiger partial charge in [0.1, 0.15) is 5.03 Å². The van der Waals surface area contributed by atoms with Crippen LogP contribution >= 0.6 is 11.8 Å². The monoisotopic (exact) mass is 252 g/mol. The predicted octanol–water partition coefficient (Wildman–Crippen LogP) is 1.40. The first kappa shape index (κ1) is 12.4. The molecule has 1 fully saturated rings. The van der Waals surface area contributed by atoms with Gasteiger partial charge in [0, 0.05) is 12.7 Å². The SMILES string of the molecule is CSc1ncccc1C(=O)N1CCCC1CO. The zero-order chi connectivity index (χ0) is 12.3. The molecule has 0 radical (unpaired) electrons. The van der Waals surface area contributed by atoms with Gasteiger partial charge in [-0.3, -0.25) is 4.79 Å². The number of carbonyl (C=O) groups is 1. The van der Waals surface area contributed by atoms with E-state index in [1.165, 1.54) is 11.8 Å². The molecule has 1 saturated heterocycles. The van der Waals surface area contributed by atoms with Gasteiger partial charge in [0.05, 0.1) is 18.2 Å². The van der Waals surface area contributed by atoms with Crippen molar-refractivity contribution in [1.82, 2.24) is 9.88 Å². The minimum Gasteiger partial charge on any atom is -0.394 e. The van der Waals surface area contributed by atoms with E-state index in [0.29, 0.717) is 5.56 Å². The van der Waals surface area contributed by atoms with Gasteiger partial charge in [-0.15, -0.1) is 11.8 Å². The predicted molar refractivity (Wildman–Crippen MR) is 67.2 cm³/mol. The molecule has 1 aliphatic rings. The zero-order valence-electron chi connectivity index (χ0n) is 9.80. The first-order chi connectivity index (χ1) is 8.27. The summed E-state index contributed by atoms with van der Waals surface area (Å²) in [6, 6.07) is 3.54. The van der Waals surface area contributed by atoms with Crippen LogP contribution in [0.1, 0.15) is 23.2 Å². The van der Waals surface area contributed by atoms with Crippen LogP contribution in [-0.2, 0) is 0 Å². The molecule has 1 N–H and O–H groups in total. The van der Waals surface area contributed by atoms with E-state index in [1.54, 1.807) is 23.2 Å². The molecule has 1 aromatic rings. The lowest BCUT2D eigenvalue weighted by molar-refractivity contribution is 0.0673. The molecular weight excluding hydrogens is 236 g/mol. The third-order valence-corrected chi connectivity index (χ3v) is 3.76. The van der Waals surface area contributed by atoms with E-state index in [9.17, 15) is 9.90 Å². The van der Waals surface area contributed by atoms with Crippen LogP contribution in [0, 0.1) is 0 Å². The van der Waals surface area contributed by atoms with Crippen molar-refractivity contribution in [3.05, 3.63) is 23.9 Å². The fraction of sp³-hybridized carbons (Fsp3) is 0.500. The smallest absolute Gasteiger partial charge is 0.256 e. The molecule has 0 bridgehead atoms. The quantitative estimate of drug-likeness (QED) is 0.826. The van der Waals surface area contributed by atoms with Crippen LogP contribution in [0.15, 0.2) is 23.4 Å². The maximum absolute atomic E-state index is 12.4. The standard InChI is InChI=1S/C12H16N2O2S/c1-17-11-10(5-2-6-13-11)12(16)14-7-3-4-9(14)8-15/h2,5-6,9,15H,3-4,7-8H2,1H3. The van der Waals surface area contributed by atoms with Gasteiger partial charge in [0.25, 0.3) is 5.91 Å². The normalized spacial score (nSPS) is 19.6. The Kier molecular flexibility index (Phi) is 4.02. The van der Waals surface area contributed by atoms with E-state index in [-0.39, 0.29) is 18.6 Å². The molecule has 2 heterocycles. The number of nitrogens with zero attached hydrogens (tertiary/aromatic N) is 2. The number of pyridine rings is 1. The van der Waals surface area contributed by atoms with Gasteiger partial charge in [-0.05, 0) is 31.2 Å². The zero-order valence-corrected chi connectivity index (χ0v) is 10.6. The molecule has 2 rings (SSSR count). The largest absolute Gasteiger partial charge is 0.394 e. The van der Waals surface area contributed by atoms with Crippen LogP contribution in [0.3, 0.4) is 0 Å². The maximum atomic E-state index is 12.4. The summed E-state index contributed by atoms with van der Waals surface area (Å²) in [5, 5.41) is 10.00. The van der Waals surface area contributed by atoms with E-state index in [1.807, 2.05) is 6.26 Å². The molecular formula is C12H16N2O2S. The van der Waals surface area contributed by atoms with Crippen LogP contribution in [0.25, 0.3) is 0 Å². The summed E-state index contributed by atoms with van der Waals surface area (Å²) in [7, 11) is 0. The molecule has 1 aromatic heterocycles. The van der Waals surface area contributed by atoms with E-state index < -0.39 is 0 Å². The summed E-state index contributed by atoms with van der Waals surface area (Å²) in [5.41, 5.74) is 0.639. The number of thioether (sulfide) groups is 1. The summed E-state index contributed by atoms with van der Waals surface area (Å²) >= 11 is 1.47. The summed E-state index contributed by atoms with van der Waals surface area (Å²) < 4.78 is 0. The minimum atomic E-state index is -0.0302. The fourth-order valence-electron chi connectivity index (χ4n) is 2.16. The van der Waals surface area contributed by atoms with Gasteiger partial charge < -0.3 is 10.0 Å². The first-order valence-corrected chi connectivity index (χ1v) is 6.91. The molecule has 92 valence electrons. The highest BCUT2D eigenvalue weighted by molar-refractivity contribution is 7.98. The Balaban J connectivity index is 2.24. The lowest BCUT2D eigenvalue weighted by Gasteiger charge is -2.23. The topological polar surface area (TPSA) is 53.4 Å². The van der Waals surface area contributed by atoms with Crippen molar-refractivity contribution in [2.45, 2.75) is 23.9 Å². The number of aliphatic hydroxyl groups excluding tert-OH is 1. The molecule has 1 unspecified atom stereocenters. The Bertz CT molecular complexity index is 411.